The summed E-state index contributed by atoms with van der Waals surface area (Å²) in [4.78, 5) is 15.3. The van der Waals surface area contributed by atoms with Gasteiger partial charge in [-0.1, -0.05) is 30.3 Å². The standard InChI is InChI=1S/C26H31FN2O6S.Na.H/c1-17(2)29-23(13-12-21(30)14-22(31)15-24(32)33)25(19-8-10-20(27)11-9-19)28-26(29)36(34,35)16-18-6-4-3-5-7-18;;/h3-11,17,21-22,30-31H,12-16H2,1-2H3,(H,32,33);;/q;+1;-1/t21-,22-;;/m1../s1. The fraction of sp³-hybridized carbons (Fsp3) is 0.385. The molecule has 2 aromatic carbocycles. The van der Waals surface area contributed by atoms with Gasteiger partial charge in [0.05, 0.1) is 30.1 Å². The van der Waals surface area contributed by atoms with Crippen molar-refractivity contribution in [2.45, 2.75) is 68.7 Å². The third-order valence-electron chi connectivity index (χ3n) is 5.76. The fourth-order valence-electron chi connectivity index (χ4n) is 4.15. The molecule has 3 N–H and O–H groups in total. The summed E-state index contributed by atoms with van der Waals surface area (Å²) in [6.45, 7) is 3.66. The number of halogens is 1. The Hall–Kier alpha value is -2.08. The van der Waals surface area contributed by atoms with Crippen LogP contribution < -0.4 is 29.6 Å². The second kappa shape index (κ2) is 13.6. The van der Waals surface area contributed by atoms with Crippen molar-refractivity contribution in [3.8, 4) is 11.3 Å². The van der Waals surface area contributed by atoms with Crippen LogP contribution in [0.15, 0.2) is 59.8 Å². The first-order valence-corrected chi connectivity index (χ1v) is 13.3. The molecule has 0 saturated carbocycles. The Labute approximate surface area is 239 Å². The average molecular weight is 543 g/mol. The van der Waals surface area contributed by atoms with Crippen LogP contribution >= 0.6 is 0 Å². The predicted molar refractivity (Wildman–Crippen MR) is 134 cm³/mol. The van der Waals surface area contributed by atoms with E-state index in [2.05, 4.69) is 4.98 Å². The van der Waals surface area contributed by atoms with Gasteiger partial charge in [0.25, 0.3) is 0 Å². The van der Waals surface area contributed by atoms with Gasteiger partial charge in [-0.25, -0.2) is 17.8 Å². The normalized spacial score (nSPS) is 13.2. The van der Waals surface area contributed by atoms with Crippen LogP contribution in [0.1, 0.15) is 51.8 Å². The summed E-state index contributed by atoms with van der Waals surface area (Å²) in [5, 5.41) is 29.0. The van der Waals surface area contributed by atoms with E-state index in [1.54, 1.807) is 34.9 Å². The number of carbonyl (C=O) groups is 1. The molecule has 0 saturated heterocycles. The predicted octanol–water partition coefficient (Wildman–Crippen LogP) is 0.880. The average Bonchev–Trinajstić information content (AvgIpc) is 3.19. The summed E-state index contributed by atoms with van der Waals surface area (Å²) in [7, 11) is -3.87. The Morgan fingerprint density at radius 3 is 2.24 bits per heavy atom. The Balaban J connectivity index is 0.00000361. The maximum atomic E-state index is 13.6. The SMILES string of the molecule is CC(C)n1c(S(=O)(=O)Cc2ccccc2)nc(-c2ccc(F)cc2)c1CC[C@@H](O)C[C@@H](O)CC(=O)O.[H-].[Na+]. The molecule has 196 valence electrons. The smallest absolute Gasteiger partial charge is 1.00 e. The second-order valence-electron chi connectivity index (χ2n) is 9.08. The molecule has 37 heavy (non-hydrogen) atoms. The number of imidazole rings is 1. The summed E-state index contributed by atoms with van der Waals surface area (Å²) in [5.74, 6) is -1.85. The Bertz CT molecular complexity index is 1290. The van der Waals surface area contributed by atoms with Gasteiger partial charge in [0, 0.05) is 17.3 Å². The number of rotatable bonds is 12. The summed E-state index contributed by atoms with van der Waals surface area (Å²) in [5.41, 5.74) is 2.06. The van der Waals surface area contributed by atoms with Gasteiger partial charge in [-0.3, -0.25) is 4.79 Å². The summed E-state index contributed by atoms with van der Waals surface area (Å²) in [6.07, 6.45) is -2.48. The van der Waals surface area contributed by atoms with E-state index in [1.165, 1.54) is 24.3 Å². The Morgan fingerprint density at radius 2 is 1.68 bits per heavy atom. The van der Waals surface area contributed by atoms with Crippen molar-refractivity contribution >= 4 is 15.8 Å². The van der Waals surface area contributed by atoms with Crippen molar-refractivity contribution < 1.29 is 63.9 Å². The van der Waals surface area contributed by atoms with Crippen molar-refractivity contribution in [2.24, 2.45) is 0 Å². The molecule has 0 fully saturated rings. The molecule has 1 heterocycles. The maximum Gasteiger partial charge on any atom is 1.00 e. The number of aliphatic hydroxyl groups excluding tert-OH is 2. The molecule has 3 rings (SSSR count). The molecule has 3 aromatic rings. The van der Waals surface area contributed by atoms with E-state index < -0.39 is 40.3 Å². The van der Waals surface area contributed by atoms with Crippen LogP contribution in [0.2, 0.25) is 0 Å². The van der Waals surface area contributed by atoms with Gasteiger partial charge >= 0.3 is 35.5 Å². The minimum Gasteiger partial charge on any atom is -1.00 e. The van der Waals surface area contributed by atoms with Crippen LogP contribution in [0.4, 0.5) is 4.39 Å². The summed E-state index contributed by atoms with van der Waals surface area (Å²) < 4.78 is 42.2. The van der Waals surface area contributed by atoms with Crippen LogP contribution in [0.5, 0.6) is 0 Å². The van der Waals surface area contributed by atoms with Crippen molar-refractivity contribution in [2.75, 3.05) is 0 Å². The Kier molecular flexibility index (Phi) is 11.5. The number of hydrogen-bond acceptors (Lipinski definition) is 6. The van der Waals surface area contributed by atoms with Gasteiger partial charge in [-0.15, -0.1) is 0 Å². The molecular formula is C26H32FN2NaO6S. The number of sulfone groups is 1. The number of benzene rings is 2. The maximum absolute atomic E-state index is 13.6. The fourth-order valence-corrected chi connectivity index (χ4v) is 5.76. The van der Waals surface area contributed by atoms with E-state index in [1.807, 2.05) is 13.8 Å². The van der Waals surface area contributed by atoms with Gasteiger partial charge in [0.2, 0.25) is 15.0 Å². The number of aromatic nitrogens is 2. The molecule has 8 nitrogen and oxygen atoms in total. The van der Waals surface area contributed by atoms with Crippen LogP contribution in [-0.4, -0.2) is 51.5 Å². The van der Waals surface area contributed by atoms with E-state index in [9.17, 15) is 27.8 Å². The molecule has 0 aliphatic heterocycles. The first-order chi connectivity index (χ1) is 17.0. The molecule has 0 aliphatic carbocycles. The van der Waals surface area contributed by atoms with Crippen LogP contribution in [0.25, 0.3) is 11.3 Å². The third kappa shape index (κ3) is 8.46. The summed E-state index contributed by atoms with van der Waals surface area (Å²) >= 11 is 0. The first-order valence-electron chi connectivity index (χ1n) is 11.7. The number of carboxylic acids is 1. The second-order valence-corrected chi connectivity index (χ2v) is 11.0. The number of carboxylic acid groups (broad SMARTS) is 1. The molecule has 0 unspecified atom stereocenters. The van der Waals surface area contributed by atoms with Gasteiger partial charge in [-0.2, -0.15) is 0 Å². The zero-order valence-corrected chi connectivity index (χ0v) is 24.0. The van der Waals surface area contributed by atoms with E-state index in [0.717, 1.165) is 0 Å². The molecule has 11 heteroatoms. The first kappa shape index (κ1) is 31.1. The zero-order valence-electron chi connectivity index (χ0n) is 22.2. The molecule has 0 amide bonds. The summed E-state index contributed by atoms with van der Waals surface area (Å²) in [6, 6.07) is 14.0. The molecule has 1 aromatic heterocycles. The largest absolute Gasteiger partial charge is 1.00 e. The molecule has 0 spiro atoms. The number of nitrogens with zero attached hydrogens (tertiary/aromatic N) is 2. The van der Waals surface area contributed by atoms with Crippen molar-refractivity contribution in [3.05, 3.63) is 71.7 Å². The Morgan fingerprint density at radius 1 is 1.05 bits per heavy atom. The molecular weight excluding hydrogens is 510 g/mol. The van der Waals surface area contributed by atoms with E-state index in [0.29, 0.717) is 22.5 Å². The minimum atomic E-state index is -3.87. The van der Waals surface area contributed by atoms with Crippen LogP contribution in [0, 0.1) is 5.82 Å². The van der Waals surface area contributed by atoms with Crippen LogP contribution in [0.3, 0.4) is 0 Å². The number of hydrogen-bond donors (Lipinski definition) is 3. The third-order valence-corrected chi connectivity index (χ3v) is 7.32. The quantitative estimate of drug-likeness (QED) is 0.290. The van der Waals surface area contributed by atoms with Gasteiger partial charge in [0.15, 0.2) is 0 Å². The number of aliphatic carboxylic acids is 1. The number of aliphatic hydroxyl groups is 2. The monoisotopic (exact) mass is 542 g/mol. The van der Waals surface area contributed by atoms with Gasteiger partial charge < -0.3 is 21.3 Å². The minimum absolute atomic E-state index is 0. The van der Waals surface area contributed by atoms with Gasteiger partial charge in [0.1, 0.15) is 5.82 Å². The van der Waals surface area contributed by atoms with Crippen molar-refractivity contribution in [1.29, 1.82) is 0 Å². The topological polar surface area (TPSA) is 130 Å². The van der Waals surface area contributed by atoms with E-state index >= 15 is 0 Å². The van der Waals surface area contributed by atoms with Crippen molar-refractivity contribution in [3.63, 3.8) is 0 Å². The zero-order chi connectivity index (χ0) is 26.5. The van der Waals surface area contributed by atoms with E-state index in [-0.39, 0.29) is 67.2 Å². The molecule has 2 atom stereocenters. The molecule has 0 radical (unpaired) electrons. The molecule has 0 aliphatic rings. The molecule has 0 bridgehead atoms. The van der Waals surface area contributed by atoms with Crippen LogP contribution in [-0.2, 0) is 26.8 Å². The van der Waals surface area contributed by atoms with Crippen molar-refractivity contribution in [1.82, 2.24) is 9.55 Å². The van der Waals surface area contributed by atoms with E-state index in [4.69, 9.17) is 5.11 Å². The van der Waals surface area contributed by atoms with Gasteiger partial charge in [-0.05, 0) is 62.9 Å².